The van der Waals surface area contributed by atoms with Crippen molar-refractivity contribution in [2.45, 2.75) is 59.7 Å². The minimum Gasteiger partial charge on any atom is -0.310 e. The van der Waals surface area contributed by atoms with Gasteiger partial charge in [0.15, 0.2) is 0 Å². The summed E-state index contributed by atoms with van der Waals surface area (Å²) in [6, 6.07) is 4.63. The lowest BCUT2D eigenvalue weighted by molar-refractivity contribution is 0.494. The minimum atomic E-state index is 0.146. The largest absolute Gasteiger partial charge is 0.310 e. The Hall–Kier alpha value is -1.09. The second-order valence-corrected chi connectivity index (χ2v) is 4.97. The summed E-state index contributed by atoms with van der Waals surface area (Å²) in [7, 11) is 0. The maximum atomic E-state index is 12.3. The van der Waals surface area contributed by atoms with Crippen LogP contribution in [0.2, 0.25) is 0 Å². The van der Waals surface area contributed by atoms with E-state index in [9.17, 15) is 4.79 Å². The molecule has 0 aliphatic carbocycles. The average Bonchev–Trinajstić information content (AvgIpc) is 2.27. The first-order valence-electron chi connectivity index (χ1n) is 6.41. The molecule has 0 spiro atoms. The Labute approximate surface area is 104 Å². The summed E-state index contributed by atoms with van der Waals surface area (Å²) in [4.78, 5) is 12.3. The number of rotatable bonds is 5. The average molecular weight is 236 g/mol. The predicted octanol–water partition coefficient (Wildman–Crippen LogP) is 2.63. The van der Waals surface area contributed by atoms with Gasteiger partial charge in [0, 0.05) is 29.9 Å². The first kappa shape index (κ1) is 14.0. The van der Waals surface area contributed by atoms with Crippen molar-refractivity contribution in [3.05, 3.63) is 33.7 Å². The molecule has 0 radical (unpaired) electrons. The van der Waals surface area contributed by atoms with Gasteiger partial charge in [-0.25, -0.2) is 0 Å². The maximum Gasteiger partial charge on any atom is 0.255 e. The Kier molecular flexibility index (Phi) is 4.94. The Balaban J connectivity index is 3.06. The molecule has 0 aliphatic heterocycles. The van der Waals surface area contributed by atoms with Crippen LogP contribution in [0.4, 0.5) is 0 Å². The van der Waals surface area contributed by atoms with Crippen molar-refractivity contribution in [3.8, 4) is 0 Å². The van der Waals surface area contributed by atoms with Crippen LogP contribution in [0.3, 0.4) is 0 Å². The van der Waals surface area contributed by atoms with Crippen molar-refractivity contribution in [3.63, 3.8) is 0 Å². The minimum absolute atomic E-state index is 0.146. The number of nitrogens with zero attached hydrogens (tertiary/aromatic N) is 1. The molecule has 0 aromatic carbocycles. The third-order valence-corrected chi connectivity index (χ3v) is 3.13. The monoisotopic (exact) mass is 236 g/mol. The number of hydrogen-bond acceptors (Lipinski definition) is 2. The van der Waals surface area contributed by atoms with Gasteiger partial charge < -0.3 is 9.88 Å². The highest BCUT2D eigenvalue weighted by atomic mass is 16.1. The number of pyridine rings is 1. The second kappa shape index (κ2) is 6.01. The molecule has 1 aromatic heterocycles. The fourth-order valence-electron chi connectivity index (χ4n) is 1.87. The highest BCUT2D eigenvalue weighted by Crippen LogP contribution is 2.10. The normalized spacial score (nSPS) is 13.1. The molecule has 0 saturated carbocycles. The molecule has 3 nitrogen and oxygen atoms in total. The van der Waals surface area contributed by atoms with Crippen LogP contribution in [0.25, 0.3) is 0 Å². The van der Waals surface area contributed by atoms with Gasteiger partial charge in [-0.3, -0.25) is 4.79 Å². The van der Waals surface area contributed by atoms with Crippen molar-refractivity contribution in [2.24, 2.45) is 0 Å². The van der Waals surface area contributed by atoms with E-state index in [1.807, 2.05) is 23.6 Å². The predicted molar refractivity (Wildman–Crippen MR) is 72.4 cm³/mol. The lowest BCUT2D eigenvalue weighted by atomic mass is 10.2. The molecular weight excluding hydrogens is 212 g/mol. The summed E-state index contributed by atoms with van der Waals surface area (Å²) in [6.07, 6.45) is 0.974. The lowest BCUT2D eigenvalue weighted by Crippen LogP contribution is -2.32. The Morgan fingerprint density at radius 2 is 1.94 bits per heavy atom. The Morgan fingerprint density at radius 1 is 1.29 bits per heavy atom. The van der Waals surface area contributed by atoms with Gasteiger partial charge in [0.1, 0.15) is 0 Å². The lowest BCUT2D eigenvalue weighted by Gasteiger charge is -2.18. The molecular formula is C14H24N2O. The van der Waals surface area contributed by atoms with E-state index >= 15 is 0 Å². The van der Waals surface area contributed by atoms with Crippen LogP contribution in [-0.2, 0) is 6.54 Å². The molecule has 0 fully saturated rings. The van der Waals surface area contributed by atoms with Crippen molar-refractivity contribution < 1.29 is 0 Å². The summed E-state index contributed by atoms with van der Waals surface area (Å²) < 4.78 is 1.90. The van der Waals surface area contributed by atoms with Gasteiger partial charge >= 0.3 is 0 Å². The van der Waals surface area contributed by atoms with Gasteiger partial charge in [0.05, 0.1) is 0 Å². The summed E-state index contributed by atoms with van der Waals surface area (Å²) in [5.41, 5.74) is 2.04. The maximum absolute atomic E-state index is 12.3. The van der Waals surface area contributed by atoms with Gasteiger partial charge in [-0.1, -0.05) is 26.8 Å². The molecule has 0 amide bonds. The Bertz CT molecular complexity index is 421. The molecule has 0 saturated heterocycles. The Morgan fingerprint density at radius 3 is 2.47 bits per heavy atom. The van der Waals surface area contributed by atoms with E-state index in [1.54, 1.807) is 0 Å². The van der Waals surface area contributed by atoms with E-state index in [4.69, 9.17) is 0 Å². The fraction of sp³-hybridized carbons (Fsp3) is 0.643. The highest BCUT2D eigenvalue weighted by molar-refractivity contribution is 5.16. The molecule has 1 aromatic rings. The quantitative estimate of drug-likeness (QED) is 0.852. The van der Waals surface area contributed by atoms with E-state index < -0.39 is 0 Å². The first-order chi connectivity index (χ1) is 7.97. The molecule has 1 atom stereocenters. The first-order valence-corrected chi connectivity index (χ1v) is 6.41. The molecule has 1 unspecified atom stereocenters. The van der Waals surface area contributed by atoms with E-state index in [0.717, 1.165) is 17.7 Å². The summed E-state index contributed by atoms with van der Waals surface area (Å²) in [5.74, 6) is 0. The molecule has 3 heteroatoms. The summed E-state index contributed by atoms with van der Waals surface area (Å²) in [6.45, 7) is 11.0. The van der Waals surface area contributed by atoms with Crippen LogP contribution >= 0.6 is 0 Å². The van der Waals surface area contributed by atoms with Crippen molar-refractivity contribution in [1.82, 2.24) is 9.88 Å². The van der Waals surface area contributed by atoms with Crippen LogP contribution in [0.5, 0.6) is 0 Å². The molecule has 0 aliphatic rings. The van der Waals surface area contributed by atoms with E-state index in [1.165, 1.54) is 0 Å². The van der Waals surface area contributed by atoms with Gasteiger partial charge in [-0.2, -0.15) is 0 Å². The van der Waals surface area contributed by atoms with Crippen LogP contribution in [0, 0.1) is 6.92 Å². The second-order valence-electron chi connectivity index (χ2n) is 4.97. The van der Waals surface area contributed by atoms with Crippen LogP contribution < -0.4 is 10.9 Å². The topological polar surface area (TPSA) is 34.0 Å². The zero-order chi connectivity index (χ0) is 13.0. The van der Waals surface area contributed by atoms with Gasteiger partial charge in [0.2, 0.25) is 0 Å². The number of hydrogen-bond donors (Lipinski definition) is 1. The van der Waals surface area contributed by atoms with E-state index in [2.05, 4.69) is 33.0 Å². The standard InChI is InChI=1S/C14H24N2O/c1-6-11(4)16-12(5)7-8-13(14(16)17)9-15-10(2)3/h7-8,10-11,15H,6,9H2,1-5H3. The van der Waals surface area contributed by atoms with Crippen LogP contribution in [0.15, 0.2) is 16.9 Å². The summed E-state index contributed by atoms with van der Waals surface area (Å²) >= 11 is 0. The molecule has 1 N–H and O–H groups in total. The molecule has 96 valence electrons. The van der Waals surface area contributed by atoms with Gasteiger partial charge in [-0.15, -0.1) is 0 Å². The van der Waals surface area contributed by atoms with Crippen LogP contribution in [0.1, 0.15) is 51.4 Å². The summed E-state index contributed by atoms with van der Waals surface area (Å²) in [5, 5.41) is 3.29. The SMILES string of the molecule is CCC(C)n1c(C)ccc(CNC(C)C)c1=O. The number of nitrogens with one attached hydrogen (secondary N) is 1. The van der Waals surface area contributed by atoms with Crippen molar-refractivity contribution >= 4 is 0 Å². The van der Waals surface area contributed by atoms with E-state index in [0.29, 0.717) is 12.6 Å². The third kappa shape index (κ3) is 3.43. The van der Waals surface area contributed by atoms with Gasteiger partial charge in [0.25, 0.3) is 5.56 Å². The fourth-order valence-corrected chi connectivity index (χ4v) is 1.87. The van der Waals surface area contributed by atoms with Crippen LogP contribution in [-0.4, -0.2) is 10.6 Å². The number of aryl methyl sites for hydroxylation is 1. The third-order valence-electron chi connectivity index (χ3n) is 3.13. The van der Waals surface area contributed by atoms with Crippen molar-refractivity contribution in [2.75, 3.05) is 0 Å². The number of aromatic nitrogens is 1. The molecule has 0 bridgehead atoms. The molecule has 17 heavy (non-hydrogen) atoms. The zero-order valence-corrected chi connectivity index (χ0v) is 11.6. The van der Waals surface area contributed by atoms with Gasteiger partial charge in [-0.05, 0) is 26.3 Å². The zero-order valence-electron chi connectivity index (χ0n) is 11.6. The highest BCUT2D eigenvalue weighted by Gasteiger charge is 2.10. The van der Waals surface area contributed by atoms with Crippen molar-refractivity contribution in [1.29, 1.82) is 0 Å². The molecule has 1 heterocycles. The van der Waals surface area contributed by atoms with E-state index in [-0.39, 0.29) is 11.6 Å². The molecule has 1 rings (SSSR count). The smallest absolute Gasteiger partial charge is 0.255 e.